The maximum absolute atomic E-state index is 2.74. The van der Waals surface area contributed by atoms with Crippen molar-refractivity contribution in [2.75, 3.05) is 39.3 Å². The topological polar surface area (TPSA) is 6.48 Å². The molecule has 2 saturated heterocycles. The van der Waals surface area contributed by atoms with Crippen molar-refractivity contribution in [3.63, 3.8) is 0 Å². The van der Waals surface area contributed by atoms with Crippen LogP contribution in [-0.4, -0.2) is 49.1 Å². The van der Waals surface area contributed by atoms with Crippen LogP contribution in [0.2, 0.25) is 0 Å². The van der Waals surface area contributed by atoms with E-state index in [1.165, 1.54) is 97.1 Å². The molecule has 2 heterocycles. The molecule has 1 spiro atoms. The number of rotatable bonds is 4. The summed E-state index contributed by atoms with van der Waals surface area (Å²) in [4.78, 5) is 5.39. The lowest BCUT2D eigenvalue weighted by Crippen LogP contribution is -2.40. The molecule has 2 nitrogen and oxygen atoms in total. The molecule has 3 aliphatic rings. The van der Waals surface area contributed by atoms with Gasteiger partial charge in [-0.2, -0.15) is 0 Å². The van der Waals surface area contributed by atoms with Crippen LogP contribution >= 0.6 is 0 Å². The van der Waals surface area contributed by atoms with Gasteiger partial charge >= 0.3 is 0 Å². The van der Waals surface area contributed by atoms with E-state index in [2.05, 4.69) is 9.80 Å². The van der Waals surface area contributed by atoms with Crippen LogP contribution in [0.3, 0.4) is 0 Å². The second-order valence-corrected chi connectivity index (χ2v) is 6.95. The molecule has 3 rings (SSSR count). The summed E-state index contributed by atoms with van der Waals surface area (Å²) in [7, 11) is 0. The van der Waals surface area contributed by atoms with Crippen molar-refractivity contribution in [2.24, 2.45) is 5.41 Å². The van der Waals surface area contributed by atoms with Crippen LogP contribution in [0.15, 0.2) is 0 Å². The minimum absolute atomic E-state index is 0.797. The van der Waals surface area contributed by atoms with E-state index >= 15 is 0 Å². The summed E-state index contributed by atoms with van der Waals surface area (Å²) < 4.78 is 0. The normalized spacial score (nSPS) is 29.3. The van der Waals surface area contributed by atoms with Crippen LogP contribution in [0.4, 0.5) is 0 Å². The van der Waals surface area contributed by atoms with Gasteiger partial charge < -0.3 is 9.80 Å². The number of hydrogen-bond acceptors (Lipinski definition) is 2. The Kier molecular flexibility index (Phi) is 4.25. The molecule has 0 radical (unpaired) electrons. The van der Waals surface area contributed by atoms with E-state index in [9.17, 15) is 0 Å². The smallest absolute Gasteiger partial charge is 0.000654 e. The van der Waals surface area contributed by atoms with Crippen LogP contribution in [0.5, 0.6) is 0 Å². The van der Waals surface area contributed by atoms with E-state index in [1.54, 1.807) is 0 Å². The van der Waals surface area contributed by atoms with Crippen molar-refractivity contribution in [1.29, 1.82) is 0 Å². The van der Waals surface area contributed by atoms with Crippen molar-refractivity contribution >= 4 is 0 Å². The number of piperidine rings is 1. The Morgan fingerprint density at radius 1 is 0.611 bits per heavy atom. The first-order valence-electron chi connectivity index (χ1n) is 8.31. The summed E-state index contributed by atoms with van der Waals surface area (Å²) in [6.07, 6.45) is 13.4. The Labute approximate surface area is 113 Å². The Hall–Kier alpha value is -0.0800. The minimum atomic E-state index is 0.797. The summed E-state index contributed by atoms with van der Waals surface area (Å²) in [6.45, 7) is 8.21. The van der Waals surface area contributed by atoms with Gasteiger partial charge in [0.1, 0.15) is 0 Å². The zero-order chi connectivity index (χ0) is 12.3. The maximum atomic E-state index is 2.74. The van der Waals surface area contributed by atoms with Gasteiger partial charge in [0.15, 0.2) is 0 Å². The highest BCUT2D eigenvalue weighted by molar-refractivity contribution is 4.89. The molecule has 0 atom stereocenters. The molecule has 0 N–H and O–H groups in total. The average Bonchev–Trinajstić information content (AvgIpc) is 3.04. The molecule has 0 aromatic rings. The lowest BCUT2D eigenvalue weighted by Gasteiger charge is -2.39. The average molecular weight is 250 g/mol. The molecule has 3 fully saturated rings. The highest BCUT2D eigenvalue weighted by Gasteiger charge is 2.36. The molecule has 18 heavy (non-hydrogen) atoms. The summed E-state index contributed by atoms with van der Waals surface area (Å²) in [5.41, 5.74) is 0.797. The van der Waals surface area contributed by atoms with Gasteiger partial charge in [0.05, 0.1) is 0 Å². The first kappa shape index (κ1) is 12.9. The molecular formula is C16H30N2. The summed E-state index contributed by atoms with van der Waals surface area (Å²) >= 11 is 0. The second kappa shape index (κ2) is 5.92. The van der Waals surface area contributed by atoms with Gasteiger partial charge in [0, 0.05) is 0 Å². The molecule has 104 valence electrons. The molecular weight excluding hydrogens is 220 g/mol. The number of likely N-dealkylation sites (tertiary alicyclic amines) is 2. The zero-order valence-corrected chi connectivity index (χ0v) is 12.0. The van der Waals surface area contributed by atoms with Crippen molar-refractivity contribution in [3.05, 3.63) is 0 Å². The molecule has 2 aliphatic heterocycles. The van der Waals surface area contributed by atoms with Crippen LogP contribution < -0.4 is 0 Å². The highest BCUT2D eigenvalue weighted by Crippen LogP contribution is 2.46. The Balaban J connectivity index is 1.32. The van der Waals surface area contributed by atoms with Crippen LogP contribution in [0, 0.1) is 5.41 Å². The fraction of sp³-hybridized carbons (Fsp3) is 1.00. The fourth-order valence-corrected chi connectivity index (χ4v) is 4.40. The fourth-order valence-electron chi connectivity index (χ4n) is 4.40. The van der Waals surface area contributed by atoms with Crippen LogP contribution in [0.1, 0.15) is 57.8 Å². The standard InChI is InChI=1S/C16H30N2/c1-2-7-16(6-1)8-14-18(15-9-16)13-5-12-17-10-3-4-11-17/h1-15H2. The third kappa shape index (κ3) is 3.08. The highest BCUT2D eigenvalue weighted by atomic mass is 15.2. The zero-order valence-electron chi connectivity index (χ0n) is 12.0. The number of hydrogen-bond donors (Lipinski definition) is 0. The van der Waals surface area contributed by atoms with Gasteiger partial charge in [-0.05, 0) is 89.6 Å². The summed E-state index contributed by atoms with van der Waals surface area (Å²) in [5.74, 6) is 0. The SMILES string of the molecule is C1CCN(CCCN2CCC3(CCCC3)CC2)C1. The van der Waals surface area contributed by atoms with E-state index in [4.69, 9.17) is 0 Å². The van der Waals surface area contributed by atoms with Gasteiger partial charge in [-0.3, -0.25) is 0 Å². The largest absolute Gasteiger partial charge is 0.303 e. The Morgan fingerprint density at radius 2 is 1.17 bits per heavy atom. The molecule has 2 heteroatoms. The van der Waals surface area contributed by atoms with Crippen molar-refractivity contribution in [3.8, 4) is 0 Å². The molecule has 0 aromatic heterocycles. The van der Waals surface area contributed by atoms with Gasteiger partial charge in [-0.1, -0.05) is 12.8 Å². The Morgan fingerprint density at radius 3 is 1.78 bits per heavy atom. The van der Waals surface area contributed by atoms with Crippen LogP contribution in [0.25, 0.3) is 0 Å². The monoisotopic (exact) mass is 250 g/mol. The summed E-state index contributed by atoms with van der Waals surface area (Å²) in [5, 5.41) is 0. The first-order chi connectivity index (χ1) is 8.86. The van der Waals surface area contributed by atoms with Gasteiger partial charge in [0.25, 0.3) is 0 Å². The third-order valence-corrected chi connectivity index (χ3v) is 5.73. The van der Waals surface area contributed by atoms with E-state index in [0.29, 0.717) is 0 Å². The lowest BCUT2D eigenvalue weighted by atomic mass is 9.77. The second-order valence-electron chi connectivity index (χ2n) is 6.95. The summed E-state index contributed by atoms with van der Waals surface area (Å²) in [6, 6.07) is 0. The van der Waals surface area contributed by atoms with E-state index in [-0.39, 0.29) is 0 Å². The van der Waals surface area contributed by atoms with Crippen LogP contribution in [-0.2, 0) is 0 Å². The molecule has 0 unspecified atom stereocenters. The maximum Gasteiger partial charge on any atom is -0.000654 e. The Bertz CT molecular complexity index is 242. The molecule has 0 amide bonds. The molecule has 0 bridgehead atoms. The third-order valence-electron chi connectivity index (χ3n) is 5.73. The number of nitrogens with zero attached hydrogens (tertiary/aromatic N) is 2. The lowest BCUT2D eigenvalue weighted by molar-refractivity contribution is 0.105. The first-order valence-corrected chi connectivity index (χ1v) is 8.31. The molecule has 0 aromatic carbocycles. The van der Waals surface area contributed by atoms with Gasteiger partial charge in [0.2, 0.25) is 0 Å². The van der Waals surface area contributed by atoms with Gasteiger partial charge in [-0.25, -0.2) is 0 Å². The van der Waals surface area contributed by atoms with E-state index < -0.39 is 0 Å². The minimum Gasteiger partial charge on any atom is -0.303 e. The predicted molar refractivity (Wildman–Crippen MR) is 76.9 cm³/mol. The van der Waals surface area contributed by atoms with Crippen molar-refractivity contribution in [1.82, 2.24) is 9.80 Å². The van der Waals surface area contributed by atoms with Gasteiger partial charge in [-0.15, -0.1) is 0 Å². The quantitative estimate of drug-likeness (QED) is 0.756. The predicted octanol–water partition coefficient (Wildman–Crippen LogP) is 3.13. The van der Waals surface area contributed by atoms with E-state index in [1.807, 2.05) is 0 Å². The van der Waals surface area contributed by atoms with Crippen molar-refractivity contribution < 1.29 is 0 Å². The molecule has 1 saturated carbocycles. The van der Waals surface area contributed by atoms with E-state index in [0.717, 1.165) is 5.41 Å². The van der Waals surface area contributed by atoms with Crippen molar-refractivity contribution in [2.45, 2.75) is 57.8 Å². The molecule has 1 aliphatic carbocycles.